The van der Waals surface area contributed by atoms with Gasteiger partial charge in [-0.2, -0.15) is 0 Å². The molecule has 0 aromatic rings. The molecule has 0 heterocycles. The third-order valence-corrected chi connectivity index (χ3v) is 1.00. The molecule has 10 heavy (non-hydrogen) atoms. The van der Waals surface area contributed by atoms with Gasteiger partial charge in [0.2, 0.25) is 0 Å². The number of carbonyl (C=O) groups is 2. The summed E-state index contributed by atoms with van der Waals surface area (Å²) in [6.45, 7) is 5.26. The first-order valence-corrected chi connectivity index (χ1v) is 2.95. The van der Waals surface area contributed by atoms with E-state index in [9.17, 15) is 9.59 Å². The summed E-state index contributed by atoms with van der Waals surface area (Å²) in [5.74, 6) is -0.116. The predicted octanol–water partition coefficient (Wildman–Crippen LogP) is 0.545. The van der Waals surface area contributed by atoms with Crippen LogP contribution in [0.15, 0.2) is 0 Å². The quantitative estimate of drug-likeness (QED) is 0.415. The Hall–Kier alpha value is -0.990. The third kappa shape index (κ3) is 3.95. The van der Waals surface area contributed by atoms with Crippen molar-refractivity contribution in [3.05, 3.63) is 13.3 Å². The Morgan fingerprint density at radius 2 is 2.50 bits per heavy atom. The van der Waals surface area contributed by atoms with Crippen LogP contribution in [0.25, 0.3) is 0 Å². The normalized spacial score (nSPS) is 11.8. The maximum absolute atomic E-state index is 10.6. The molecule has 56 valence electrons. The summed E-state index contributed by atoms with van der Waals surface area (Å²) < 4.78 is 4.47. The van der Waals surface area contributed by atoms with Gasteiger partial charge in [0, 0.05) is 0 Å². The number of ether oxygens (including phenoxy) is 1. The van der Waals surface area contributed by atoms with E-state index in [-0.39, 0.29) is 18.3 Å². The van der Waals surface area contributed by atoms with Crippen LogP contribution in [0.5, 0.6) is 0 Å². The van der Waals surface area contributed by atoms with E-state index in [0.717, 1.165) is 0 Å². The molecule has 0 rings (SSSR count). The summed E-state index contributed by atoms with van der Waals surface area (Å²) in [5, 5.41) is 0. The second-order valence-corrected chi connectivity index (χ2v) is 1.92. The summed E-state index contributed by atoms with van der Waals surface area (Å²) in [6.07, 6.45) is 1.08. The van der Waals surface area contributed by atoms with Gasteiger partial charge in [-0.05, 0) is 13.3 Å². The minimum atomic E-state index is -0.344. The molecule has 1 atom stereocenters. The smallest absolute Gasteiger partial charge is 0.293 e. The molecule has 3 nitrogen and oxygen atoms in total. The van der Waals surface area contributed by atoms with Crippen LogP contribution in [0.3, 0.4) is 0 Å². The SMILES string of the molecule is [CH2-][CH+]C(=O)CC(C)OC=O. The minimum Gasteiger partial charge on any atom is -0.464 e. The number of carbonyl (C=O) groups excluding carboxylic acids is 2. The third-order valence-electron chi connectivity index (χ3n) is 1.00. The molecule has 0 N–H and O–H groups in total. The second-order valence-electron chi connectivity index (χ2n) is 1.92. The largest absolute Gasteiger partial charge is 0.464 e. The van der Waals surface area contributed by atoms with E-state index < -0.39 is 0 Å². The monoisotopic (exact) mass is 142 g/mol. The zero-order valence-corrected chi connectivity index (χ0v) is 5.87. The summed E-state index contributed by atoms with van der Waals surface area (Å²) in [5.41, 5.74) is 0. The van der Waals surface area contributed by atoms with Crippen LogP contribution >= 0.6 is 0 Å². The molecule has 0 saturated heterocycles. The van der Waals surface area contributed by atoms with Crippen molar-refractivity contribution < 1.29 is 14.3 Å². The van der Waals surface area contributed by atoms with E-state index in [0.29, 0.717) is 6.47 Å². The fourth-order valence-electron chi connectivity index (χ4n) is 0.510. The lowest BCUT2D eigenvalue weighted by atomic mass is 10.2. The first kappa shape index (κ1) is 9.01. The highest BCUT2D eigenvalue weighted by Gasteiger charge is 2.10. The Kier molecular flexibility index (Phi) is 4.37. The van der Waals surface area contributed by atoms with Crippen LogP contribution in [0.2, 0.25) is 0 Å². The molecule has 0 bridgehead atoms. The van der Waals surface area contributed by atoms with E-state index in [1.807, 2.05) is 0 Å². The molecule has 0 radical (unpaired) electrons. The van der Waals surface area contributed by atoms with Crippen molar-refractivity contribution in [1.29, 1.82) is 0 Å². The van der Waals surface area contributed by atoms with Gasteiger partial charge < -0.3 is 4.74 Å². The molecule has 0 aromatic carbocycles. The van der Waals surface area contributed by atoms with Gasteiger partial charge in [-0.25, -0.2) is 4.79 Å². The Morgan fingerprint density at radius 1 is 1.90 bits per heavy atom. The average molecular weight is 142 g/mol. The molecule has 0 spiro atoms. The topological polar surface area (TPSA) is 43.4 Å². The number of Topliss-reactive ketones (excluding diaryl/α,β-unsaturated/α-hetero) is 1. The van der Waals surface area contributed by atoms with Gasteiger partial charge in [0.1, 0.15) is 6.10 Å². The number of ketones is 1. The Bertz CT molecular complexity index is 120. The molecular formula is C7H10O3. The van der Waals surface area contributed by atoms with Gasteiger partial charge in [0.15, 0.2) is 0 Å². The van der Waals surface area contributed by atoms with Gasteiger partial charge in [-0.1, -0.05) is 0 Å². The van der Waals surface area contributed by atoms with E-state index in [1.165, 1.54) is 6.42 Å². The lowest BCUT2D eigenvalue weighted by molar-refractivity contribution is -0.134. The van der Waals surface area contributed by atoms with Crippen LogP contribution < -0.4 is 0 Å². The second kappa shape index (κ2) is 4.85. The van der Waals surface area contributed by atoms with Crippen LogP contribution in [0.1, 0.15) is 13.3 Å². The van der Waals surface area contributed by atoms with Crippen molar-refractivity contribution in [2.24, 2.45) is 0 Å². The highest BCUT2D eigenvalue weighted by atomic mass is 16.5. The van der Waals surface area contributed by atoms with E-state index in [2.05, 4.69) is 11.7 Å². The van der Waals surface area contributed by atoms with E-state index in [4.69, 9.17) is 0 Å². The zero-order chi connectivity index (χ0) is 7.98. The van der Waals surface area contributed by atoms with Crippen molar-refractivity contribution in [1.82, 2.24) is 0 Å². The average Bonchev–Trinajstić information content (AvgIpc) is 1.88. The van der Waals surface area contributed by atoms with Crippen LogP contribution in [-0.2, 0) is 14.3 Å². The summed E-state index contributed by atoms with van der Waals surface area (Å²) in [4.78, 5) is 20.3. The Morgan fingerprint density at radius 3 is 2.90 bits per heavy atom. The van der Waals surface area contributed by atoms with Crippen LogP contribution in [-0.4, -0.2) is 18.4 Å². The fraction of sp³-hybridized carbons (Fsp3) is 0.429. The molecule has 0 fully saturated rings. The number of hydrogen-bond donors (Lipinski definition) is 0. The molecule has 0 aliphatic rings. The molecular weight excluding hydrogens is 132 g/mol. The van der Waals surface area contributed by atoms with Crippen LogP contribution in [0, 0.1) is 13.3 Å². The van der Waals surface area contributed by atoms with Crippen molar-refractivity contribution in [2.45, 2.75) is 19.4 Å². The first-order chi connectivity index (χ1) is 4.70. The summed E-state index contributed by atoms with van der Waals surface area (Å²) >= 11 is 0. The number of hydrogen-bond acceptors (Lipinski definition) is 3. The Balaban J connectivity index is 3.46. The van der Waals surface area contributed by atoms with Crippen molar-refractivity contribution >= 4 is 12.3 Å². The van der Waals surface area contributed by atoms with Gasteiger partial charge in [-0.15, -0.1) is 6.92 Å². The Labute approximate surface area is 60.4 Å². The van der Waals surface area contributed by atoms with Gasteiger partial charge in [0.25, 0.3) is 12.3 Å². The van der Waals surface area contributed by atoms with Gasteiger partial charge in [0.05, 0.1) is 6.42 Å². The molecule has 0 aliphatic carbocycles. The summed E-state index contributed by atoms with van der Waals surface area (Å²) in [6, 6.07) is 0. The molecule has 0 amide bonds. The van der Waals surface area contributed by atoms with Crippen molar-refractivity contribution in [3.8, 4) is 0 Å². The molecule has 0 saturated carbocycles. The highest BCUT2D eigenvalue weighted by molar-refractivity contribution is 5.87. The van der Waals surface area contributed by atoms with E-state index >= 15 is 0 Å². The maximum atomic E-state index is 10.6. The standard InChI is InChI=1S/C7H10O3/c1-3-7(9)4-6(2)10-5-8/h3,5-6H,1,4H2,2H3. The highest BCUT2D eigenvalue weighted by Crippen LogP contribution is 1.97. The first-order valence-electron chi connectivity index (χ1n) is 2.95. The van der Waals surface area contributed by atoms with Crippen LogP contribution in [0.4, 0.5) is 0 Å². The lowest BCUT2D eigenvalue weighted by Gasteiger charge is -2.03. The fourth-order valence-corrected chi connectivity index (χ4v) is 0.510. The molecule has 0 aromatic heterocycles. The minimum absolute atomic E-state index is 0.116. The van der Waals surface area contributed by atoms with Gasteiger partial charge >= 0.3 is 0 Å². The number of rotatable bonds is 5. The van der Waals surface area contributed by atoms with Crippen molar-refractivity contribution in [2.75, 3.05) is 0 Å². The van der Waals surface area contributed by atoms with E-state index in [1.54, 1.807) is 6.92 Å². The maximum Gasteiger partial charge on any atom is 0.293 e. The van der Waals surface area contributed by atoms with Gasteiger partial charge in [-0.3, -0.25) is 4.79 Å². The molecule has 3 heteroatoms. The van der Waals surface area contributed by atoms with Crippen molar-refractivity contribution in [3.63, 3.8) is 0 Å². The molecule has 0 aliphatic heterocycles. The zero-order valence-electron chi connectivity index (χ0n) is 5.87. The molecule has 1 unspecified atom stereocenters. The predicted molar refractivity (Wildman–Crippen MR) is 35.9 cm³/mol. The summed E-state index contributed by atoms with van der Waals surface area (Å²) in [7, 11) is 0. The lowest BCUT2D eigenvalue weighted by Crippen LogP contribution is -2.12.